The van der Waals surface area contributed by atoms with E-state index in [1.54, 1.807) is 7.11 Å². The van der Waals surface area contributed by atoms with Gasteiger partial charge in [-0.1, -0.05) is 38.5 Å². The summed E-state index contributed by atoms with van der Waals surface area (Å²) in [6.07, 6.45) is 3.25. The molecule has 2 nitrogen and oxygen atoms in total. The van der Waals surface area contributed by atoms with E-state index < -0.39 is 0 Å². The highest BCUT2D eigenvalue weighted by Crippen LogP contribution is 2.19. The standard InChI is InChI=1S/C11H12NO.C3H8/c1-12-8-7-9-5-3-4-6-10(9)11(12)13-2;1-3-2/h3-8H,1-2H3;3H2,1-2H3/q+1;. The van der Waals surface area contributed by atoms with Gasteiger partial charge in [0.1, 0.15) is 7.05 Å². The monoisotopic (exact) mass is 218 g/mol. The average molecular weight is 218 g/mol. The van der Waals surface area contributed by atoms with Gasteiger partial charge in [-0.05, 0) is 11.5 Å². The van der Waals surface area contributed by atoms with Crippen molar-refractivity contribution in [1.29, 1.82) is 0 Å². The van der Waals surface area contributed by atoms with Crippen LogP contribution in [0.1, 0.15) is 20.3 Å². The van der Waals surface area contributed by atoms with Crippen molar-refractivity contribution in [2.24, 2.45) is 7.05 Å². The Morgan fingerprint density at radius 1 is 1.12 bits per heavy atom. The minimum absolute atomic E-state index is 0.901. The zero-order chi connectivity index (χ0) is 12.0. The largest absolute Gasteiger partial charge is 0.447 e. The number of nitrogens with zero attached hydrogens (tertiary/aromatic N) is 1. The van der Waals surface area contributed by atoms with Crippen molar-refractivity contribution < 1.29 is 9.30 Å². The first-order valence-corrected chi connectivity index (χ1v) is 5.65. The quantitative estimate of drug-likeness (QED) is 0.670. The van der Waals surface area contributed by atoms with E-state index in [9.17, 15) is 0 Å². The second-order valence-electron chi connectivity index (χ2n) is 3.73. The van der Waals surface area contributed by atoms with Crippen molar-refractivity contribution >= 4 is 10.8 Å². The number of methoxy groups -OCH3 is 1. The first-order valence-electron chi connectivity index (χ1n) is 5.65. The van der Waals surface area contributed by atoms with Gasteiger partial charge in [0.25, 0.3) is 0 Å². The summed E-state index contributed by atoms with van der Waals surface area (Å²) < 4.78 is 7.30. The van der Waals surface area contributed by atoms with E-state index in [0.29, 0.717) is 0 Å². The third kappa shape index (κ3) is 2.72. The van der Waals surface area contributed by atoms with Crippen LogP contribution < -0.4 is 9.30 Å². The highest BCUT2D eigenvalue weighted by Gasteiger charge is 2.10. The maximum Gasteiger partial charge on any atom is 0.375 e. The molecule has 0 fully saturated rings. The number of pyridine rings is 1. The Labute approximate surface area is 97.5 Å². The second kappa shape index (κ2) is 6.11. The molecule has 0 N–H and O–H groups in total. The first kappa shape index (κ1) is 12.5. The van der Waals surface area contributed by atoms with E-state index in [1.807, 2.05) is 29.9 Å². The zero-order valence-electron chi connectivity index (χ0n) is 10.5. The van der Waals surface area contributed by atoms with Crippen LogP contribution in [0.5, 0.6) is 5.88 Å². The Hall–Kier alpha value is -1.57. The number of fused-ring (bicyclic) bond motifs is 1. The third-order valence-electron chi connectivity index (χ3n) is 2.18. The van der Waals surface area contributed by atoms with Crippen LogP contribution in [0.15, 0.2) is 36.5 Å². The molecule has 0 aliphatic carbocycles. The van der Waals surface area contributed by atoms with E-state index in [0.717, 1.165) is 11.3 Å². The molecule has 2 aromatic rings. The minimum Gasteiger partial charge on any atom is -0.447 e. The van der Waals surface area contributed by atoms with Gasteiger partial charge in [0.05, 0.1) is 12.5 Å². The van der Waals surface area contributed by atoms with Gasteiger partial charge in [-0.2, -0.15) is 4.57 Å². The normalized spacial score (nSPS) is 9.50. The van der Waals surface area contributed by atoms with Gasteiger partial charge >= 0.3 is 5.88 Å². The molecule has 0 atom stereocenters. The predicted molar refractivity (Wildman–Crippen MR) is 67.6 cm³/mol. The molecule has 0 saturated heterocycles. The van der Waals surface area contributed by atoms with E-state index in [2.05, 4.69) is 32.0 Å². The van der Waals surface area contributed by atoms with Crippen molar-refractivity contribution in [2.45, 2.75) is 20.3 Å². The Morgan fingerprint density at radius 2 is 1.75 bits per heavy atom. The number of hydrogen-bond donors (Lipinski definition) is 0. The van der Waals surface area contributed by atoms with Gasteiger partial charge in [0.15, 0.2) is 6.20 Å². The number of aryl methyl sites for hydroxylation is 1. The van der Waals surface area contributed by atoms with Crippen LogP contribution in [-0.4, -0.2) is 7.11 Å². The smallest absolute Gasteiger partial charge is 0.375 e. The number of hydrogen-bond acceptors (Lipinski definition) is 1. The summed E-state index contributed by atoms with van der Waals surface area (Å²) in [5.41, 5.74) is 0. The van der Waals surface area contributed by atoms with Gasteiger partial charge in [-0.3, -0.25) is 0 Å². The van der Waals surface area contributed by atoms with Crippen LogP contribution in [0, 0.1) is 0 Å². The average Bonchev–Trinajstić information content (AvgIpc) is 2.30. The predicted octanol–water partition coefficient (Wildman–Crippen LogP) is 3.09. The Kier molecular flexibility index (Phi) is 4.77. The van der Waals surface area contributed by atoms with Gasteiger partial charge in [0.2, 0.25) is 0 Å². The molecule has 86 valence electrons. The molecular formula is C14H20NO+. The number of ether oxygens (including phenoxy) is 1. The molecule has 2 rings (SSSR count). The van der Waals surface area contributed by atoms with Crippen molar-refractivity contribution in [3.63, 3.8) is 0 Å². The van der Waals surface area contributed by atoms with Crippen LogP contribution in [-0.2, 0) is 7.05 Å². The maximum atomic E-state index is 5.32. The van der Waals surface area contributed by atoms with E-state index in [-0.39, 0.29) is 0 Å². The number of aromatic nitrogens is 1. The van der Waals surface area contributed by atoms with Gasteiger partial charge < -0.3 is 4.74 Å². The number of rotatable bonds is 1. The van der Waals surface area contributed by atoms with Crippen LogP contribution >= 0.6 is 0 Å². The van der Waals surface area contributed by atoms with Crippen molar-refractivity contribution in [2.75, 3.05) is 7.11 Å². The molecule has 0 saturated carbocycles. The molecule has 1 aromatic carbocycles. The van der Waals surface area contributed by atoms with Crippen LogP contribution in [0.4, 0.5) is 0 Å². The Bertz CT molecular complexity index is 451. The molecule has 0 amide bonds. The summed E-state index contributed by atoms with van der Waals surface area (Å²) in [6.45, 7) is 4.25. The summed E-state index contributed by atoms with van der Waals surface area (Å²) >= 11 is 0. The van der Waals surface area contributed by atoms with Crippen LogP contribution in [0.2, 0.25) is 0 Å². The molecule has 1 aromatic heterocycles. The summed E-state index contributed by atoms with van der Waals surface area (Å²) in [7, 11) is 3.67. The summed E-state index contributed by atoms with van der Waals surface area (Å²) in [6, 6.07) is 10.3. The molecule has 0 aliphatic heterocycles. The lowest BCUT2D eigenvalue weighted by molar-refractivity contribution is -0.675. The minimum atomic E-state index is 0.901. The van der Waals surface area contributed by atoms with E-state index in [1.165, 1.54) is 11.8 Å². The lowest BCUT2D eigenvalue weighted by atomic mass is 10.2. The molecule has 1 heterocycles. The number of benzene rings is 1. The summed E-state index contributed by atoms with van der Waals surface area (Å²) in [5, 5.41) is 2.35. The summed E-state index contributed by atoms with van der Waals surface area (Å²) in [4.78, 5) is 0. The van der Waals surface area contributed by atoms with Gasteiger partial charge in [-0.15, -0.1) is 0 Å². The van der Waals surface area contributed by atoms with E-state index in [4.69, 9.17) is 4.74 Å². The fraction of sp³-hybridized carbons (Fsp3) is 0.357. The lowest BCUT2D eigenvalue weighted by Gasteiger charge is -2.01. The molecule has 0 bridgehead atoms. The second-order valence-corrected chi connectivity index (χ2v) is 3.73. The summed E-state index contributed by atoms with van der Waals surface area (Å²) in [5.74, 6) is 0.901. The van der Waals surface area contributed by atoms with Crippen molar-refractivity contribution in [3.8, 4) is 5.88 Å². The van der Waals surface area contributed by atoms with E-state index >= 15 is 0 Å². The van der Waals surface area contributed by atoms with Crippen LogP contribution in [0.25, 0.3) is 10.8 Å². The first-order chi connectivity index (χ1) is 7.74. The molecule has 0 radical (unpaired) electrons. The topological polar surface area (TPSA) is 13.1 Å². The lowest BCUT2D eigenvalue weighted by Crippen LogP contribution is -2.29. The highest BCUT2D eigenvalue weighted by atomic mass is 16.5. The zero-order valence-corrected chi connectivity index (χ0v) is 10.5. The van der Waals surface area contributed by atoms with Gasteiger partial charge in [-0.25, -0.2) is 0 Å². The fourth-order valence-electron chi connectivity index (χ4n) is 1.54. The molecule has 0 aliphatic rings. The Balaban J connectivity index is 0.000000386. The maximum absolute atomic E-state index is 5.32. The van der Waals surface area contributed by atoms with Gasteiger partial charge in [0, 0.05) is 6.07 Å². The SMILES string of the molecule is CCC.COc1c2ccccc2cc[n+]1C. The molecule has 0 spiro atoms. The molecule has 16 heavy (non-hydrogen) atoms. The molecule has 0 unspecified atom stereocenters. The molecule has 2 heteroatoms. The fourth-order valence-corrected chi connectivity index (χ4v) is 1.54. The molecular weight excluding hydrogens is 198 g/mol. The van der Waals surface area contributed by atoms with Crippen molar-refractivity contribution in [3.05, 3.63) is 36.5 Å². The van der Waals surface area contributed by atoms with Crippen LogP contribution in [0.3, 0.4) is 0 Å². The Morgan fingerprint density at radius 3 is 2.38 bits per heavy atom. The third-order valence-corrected chi connectivity index (χ3v) is 2.18. The highest BCUT2D eigenvalue weighted by molar-refractivity contribution is 5.85. The van der Waals surface area contributed by atoms with Crippen molar-refractivity contribution in [1.82, 2.24) is 0 Å².